The van der Waals surface area contributed by atoms with E-state index < -0.39 is 0 Å². The summed E-state index contributed by atoms with van der Waals surface area (Å²) < 4.78 is 0. The van der Waals surface area contributed by atoms with E-state index >= 15 is 0 Å². The number of rotatable bonds is 3. The summed E-state index contributed by atoms with van der Waals surface area (Å²) in [6, 6.07) is 21.7. The molecular formula is C18H21N. The number of hydrogen-bond acceptors (Lipinski definition) is 1. The highest BCUT2D eigenvalue weighted by atomic mass is 15.1. The van der Waals surface area contributed by atoms with Crippen molar-refractivity contribution in [3.63, 3.8) is 0 Å². The van der Waals surface area contributed by atoms with E-state index in [-0.39, 0.29) is 0 Å². The number of likely N-dealkylation sites (tertiary alicyclic amines) is 1. The highest BCUT2D eigenvalue weighted by Gasteiger charge is 2.30. The molecule has 1 aliphatic heterocycles. The van der Waals surface area contributed by atoms with Crippen molar-refractivity contribution in [1.82, 2.24) is 4.90 Å². The van der Waals surface area contributed by atoms with Crippen LogP contribution in [0.25, 0.3) is 0 Å². The molecule has 1 aliphatic rings. The smallest absolute Gasteiger partial charge is 0.0234 e. The van der Waals surface area contributed by atoms with Gasteiger partial charge in [-0.3, -0.25) is 4.90 Å². The van der Waals surface area contributed by atoms with Crippen LogP contribution in [0.4, 0.5) is 0 Å². The number of hydrogen-bond donors (Lipinski definition) is 0. The second kappa shape index (κ2) is 5.58. The first-order valence-electron chi connectivity index (χ1n) is 7.14. The van der Waals surface area contributed by atoms with Crippen LogP contribution in [-0.4, -0.2) is 18.0 Å². The Morgan fingerprint density at radius 1 is 0.895 bits per heavy atom. The summed E-state index contributed by atoms with van der Waals surface area (Å²) in [6.07, 6.45) is 0. The number of benzene rings is 2. The van der Waals surface area contributed by atoms with Crippen LogP contribution >= 0.6 is 0 Å². The van der Waals surface area contributed by atoms with Gasteiger partial charge >= 0.3 is 0 Å². The molecule has 0 bridgehead atoms. The van der Waals surface area contributed by atoms with Crippen molar-refractivity contribution in [3.05, 3.63) is 71.8 Å². The molecule has 1 heteroatoms. The Kier molecular flexibility index (Phi) is 3.65. The van der Waals surface area contributed by atoms with Crippen molar-refractivity contribution >= 4 is 0 Å². The van der Waals surface area contributed by atoms with Crippen LogP contribution in [0.1, 0.15) is 24.0 Å². The van der Waals surface area contributed by atoms with E-state index in [9.17, 15) is 0 Å². The van der Waals surface area contributed by atoms with E-state index in [1.165, 1.54) is 24.2 Å². The van der Waals surface area contributed by atoms with Crippen molar-refractivity contribution in [2.75, 3.05) is 13.1 Å². The lowest BCUT2D eigenvalue weighted by molar-refractivity contribution is 0.319. The van der Waals surface area contributed by atoms with E-state index in [2.05, 4.69) is 72.5 Å². The molecule has 2 aromatic rings. The van der Waals surface area contributed by atoms with Gasteiger partial charge in [0, 0.05) is 25.6 Å². The average Bonchev–Trinajstić information content (AvgIpc) is 2.82. The molecule has 0 aromatic heterocycles. The van der Waals surface area contributed by atoms with Crippen LogP contribution < -0.4 is 0 Å². The van der Waals surface area contributed by atoms with Gasteiger partial charge < -0.3 is 0 Å². The van der Waals surface area contributed by atoms with Crippen LogP contribution in [0.3, 0.4) is 0 Å². The molecule has 1 fully saturated rings. The van der Waals surface area contributed by atoms with Gasteiger partial charge in [0.25, 0.3) is 0 Å². The summed E-state index contributed by atoms with van der Waals surface area (Å²) in [5, 5.41) is 0. The summed E-state index contributed by atoms with van der Waals surface area (Å²) in [6.45, 7) is 5.84. The largest absolute Gasteiger partial charge is 0.298 e. The Balaban J connectivity index is 1.69. The van der Waals surface area contributed by atoms with Gasteiger partial charge in [-0.25, -0.2) is 0 Å². The molecule has 1 heterocycles. The molecule has 0 radical (unpaired) electrons. The van der Waals surface area contributed by atoms with Gasteiger partial charge in [0.2, 0.25) is 0 Å². The fourth-order valence-corrected chi connectivity index (χ4v) is 3.17. The zero-order valence-corrected chi connectivity index (χ0v) is 11.5. The van der Waals surface area contributed by atoms with Gasteiger partial charge in [0.15, 0.2) is 0 Å². The summed E-state index contributed by atoms with van der Waals surface area (Å²) in [5.74, 6) is 1.43. The Bertz CT molecular complexity index is 506. The van der Waals surface area contributed by atoms with Crippen LogP contribution in [0.15, 0.2) is 60.7 Å². The van der Waals surface area contributed by atoms with Crippen molar-refractivity contribution < 1.29 is 0 Å². The van der Waals surface area contributed by atoms with Crippen molar-refractivity contribution in [2.24, 2.45) is 5.92 Å². The lowest BCUT2D eigenvalue weighted by Gasteiger charge is -2.16. The van der Waals surface area contributed by atoms with Crippen LogP contribution in [0.2, 0.25) is 0 Å². The second-order valence-electron chi connectivity index (χ2n) is 5.67. The molecule has 0 N–H and O–H groups in total. The van der Waals surface area contributed by atoms with Crippen molar-refractivity contribution in [2.45, 2.75) is 19.4 Å². The molecule has 0 spiro atoms. The molecule has 0 saturated carbocycles. The lowest BCUT2D eigenvalue weighted by Crippen LogP contribution is -2.20. The normalized spacial score (nSPS) is 23.6. The highest BCUT2D eigenvalue weighted by molar-refractivity contribution is 5.22. The molecule has 1 saturated heterocycles. The molecule has 1 nitrogen and oxygen atoms in total. The van der Waals surface area contributed by atoms with Crippen LogP contribution in [0, 0.1) is 5.92 Å². The molecule has 2 aromatic carbocycles. The van der Waals surface area contributed by atoms with Crippen LogP contribution in [0.5, 0.6) is 0 Å². The maximum absolute atomic E-state index is 2.58. The molecule has 0 amide bonds. The fraction of sp³-hybridized carbons (Fsp3) is 0.333. The summed E-state index contributed by atoms with van der Waals surface area (Å²) in [4.78, 5) is 2.58. The Morgan fingerprint density at radius 3 is 2.21 bits per heavy atom. The zero-order chi connectivity index (χ0) is 13.1. The minimum Gasteiger partial charge on any atom is -0.298 e. The van der Waals surface area contributed by atoms with E-state index in [0.29, 0.717) is 5.92 Å². The topological polar surface area (TPSA) is 3.24 Å². The van der Waals surface area contributed by atoms with Gasteiger partial charge in [-0.2, -0.15) is 0 Å². The number of nitrogens with zero attached hydrogens (tertiary/aromatic N) is 1. The second-order valence-corrected chi connectivity index (χ2v) is 5.67. The molecule has 2 atom stereocenters. The standard InChI is InChI=1S/C18H21N/c1-15-12-19(13-16-8-4-2-5-9-16)14-18(15)17-10-6-3-7-11-17/h2-11,15,18H,12-14H2,1H3. The summed E-state index contributed by atoms with van der Waals surface area (Å²) >= 11 is 0. The first-order chi connectivity index (χ1) is 9.33. The molecule has 0 aliphatic carbocycles. The molecule has 98 valence electrons. The third kappa shape index (κ3) is 2.87. The van der Waals surface area contributed by atoms with Gasteiger partial charge in [-0.05, 0) is 17.0 Å². The van der Waals surface area contributed by atoms with E-state index in [1.807, 2.05) is 0 Å². The summed E-state index contributed by atoms with van der Waals surface area (Å²) in [7, 11) is 0. The van der Waals surface area contributed by atoms with Crippen molar-refractivity contribution in [1.29, 1.82) is 0 Å². The minimum absolute atomic E-state index is 0.685. The fourth-order valence-electron chi connectivity index (χ4n) is 3.17. The maximum atomic E-state index is 2.58. The Labute approximate surface area is 115 Å². The molecule has 3 rings (SSSR count). The van der Waals surface area contributed by atoms with Gasteiger partial charge in [-0.1, -0.05) is 67.6 Å². The van der Waals surface area contributed by atoms with E-state index in [1.54, 1.807) is 0 Å². The first-order valence-corrected chi connectivity index (χ1v) is 7.14. The third-order valence-corrected chi connectivity index (χ3v) is 4.16. The Morgan fingerprint density at radius 2 is 1.53 bits per heavy atom. The SMILES string of the molecule is CC1CN(Cc2ccccc2)CC1c1ccccc1. The van der Waals surface area contributed by atoms with E-state index in [4.69, 9.17) is 0 Å². The maximum Gasteiger partial charge on any atom is 0.0234 e. The van der Waals surface area contributed by atoms with Gasteiger partial charge in [0.1, 0.15) is 0 Å². The molecule has 19 heavy (non-hydrogen) atoms. The molecule has 2 unspecified atom stereocenters. The average molecular weight is 251 g/mol. The quantitative estimate of drug-likeness (QED) is 0.799. The van der Waals surface area contributed by atoms with Gasteiger partial charge in [-0.15, -0.1) is 0 Å². The van der Waals surface area contributed by atoms with Crippen molar-refractivity contribution in [3.8, 4) is 0 Å². The first kappa shape index (κ1) is 12.4. The van der Waals surface area contributed by atoms with Gasteiger partial charge in [0.05, 0.1) is 0 Å². The van der Waals surface area contributed by atoms with Crippen LogP contribution in [-0.2, 0) is 6.54 Å². The summed E-state index contributed by atoms with van der Waals surface area (Å²) in [5.41, 5.74) is 2.91. The third-order valence-electron chi connectivity index (χ3n) is 4.16. The predicted molar refractivity (Wildman–Crippen MR) is 80.1 cm³/mol. The minimum atomic E-state index is 0.685. The lowest BCUT2D eigenvalue weighted by atomic mass is 9.90. The zero-order valence-electron chi connectivity index (χ0n) is 11.5. The highest BCUT2D eigenvalue weighted by Crippen LogP contribution is 2.32. The monoisotopic (exact) mass is 251 g/mol. The Hall–Kier alpha value is -1.60. The predicted octanol–water partition coefficient (Wildman–Crippen LogP) is 3.92. The molecular weight excluding hydrogens is 230 g/mol. The van der Waals surface area contributed by atoms with E-state index in [0.717, 1.165) is 12.5 Å².